The van der Waals surface area contributed by atoms with E-state index in [4.69, 9.17) is 0 Å². The molecule has 0 spiro atoms. The minimum Gasteiger partial charge on any atom is -0.468 e. The van der Waals surface area contributed by atoms with Crippen LogP contribution in [0.4, 0.5) is 0 Å². The van der Waals surface area contributed by atoms with Crippen LogP contribution in [0.25, 0.3) is 0 Å². The third-order valence-electron chi connectivity index (χ3n) is 3.10. The maximum Gasteiger partial charge on any atom is 0.316 e. The lowest BCUT2D eigenvalue weighted by molar-refractivity contribution is -0.151. The van der Waals surface area contributed by atoms with Crippen molar-refractivity contribution >= 4 is 11.8 Å². The predicted octanol–water partition coefficient (Wildman–Crippen LogP) is 1.47. The van der Waals surface area contributed by atoms with Crippen molar-refractivity contribution in [2.75, 3.05) is 7.11 Å². The molecule has 3 atom stereocenters. The number of hydrogen-bond donors (Lipinski definition) is 1. The van der Waals surface area contributed by atoms with E-state index in [9.17, 15) is 14.7 Å². The van der Waals surface area contributed by atoms with Gasteiger partial charge in [-0.3, -0.25) is 9.59 Å². The predicted molar refractivity (Wildman–Crippen MR) is 63.3 cm³/mol. The average molecular weight is 240 g/mol. The molecule has 0 aromatic carbocycles. The summed E-state index contributed by atoms with van der Waals surface area (Å²) in [7, 11) is 1.29. The monoisotopic (exact) mass is 240 g/mol. The number of carbonyl (C=O) groups excluding carboxylic acids is 2. The molecule has 1 N–H and O–H groups in total. The van der Waals surface area contributed by atoms with Gasteiger partial charge in [0.25, 0.3) is 0 Å². The van der Waals surface area contributed by atoms with Crippen LogP contribution in [0.15, 0.2) is 12.2 Å². The molecule has 4 heteroatoms. The van der Waals surface area contributed by atoms with Crippen molar-refractivity contribution in [3.8, 4) is 0 Å². The second kappa shape index (κ2) is 6.55. The van der Waals surface area contributed by atoms with E-state index in [1.54, 1.807) is 12.2 Å². The molecule has 96 valence electrons. The molecule has 0 fully saturated rings. The number of aliphatic hydroxyl groups excluding tert-OH is 1. The molecular weight excluding hydrogens is 220 g/mol. The van der Waals surface area contributed by atoms with Gasteiger partial charge in [-0.1, -0.05) is 25.5 Å². The van der Waals surface area contributed by atoms with Gasteiger partial charge in [0, 0.05) is 6.42 Å². The molecule has 0 aliphatic heterocycles. The zero-order valence-electron chi connectivity index (χ0n) is 10.4. The highest BCUT2D eigenvalue weighted by atomic mass is 16.5. The standard InChI is InChI=1S/C13H20O4/c1-3-4-5-11(15)12(13(16)17-2)9-6-7-10(14)8-9/h6-7,9-10,12,14H,3-5,8H2,1-2H3/t9-,10+,12?/m0/s1. The molecule has 1 unspecified atom stereocenters. The van der Waals surface area contributed by atoms with Crippen LogP contribution in [-0.2, 0) is 14.3 Å². The van der Waals surface area contributed by atoms with Crippen LogP contribution in [0, 0.1) is 11.8 Å². The van der Waals surface area contributed by atoms with Crippen LogP contribution in [0.3, 0.4) is 0 Å². The Morgan fingerprint density at radius 1 is 1.47 bits per heavy atom. The number of Topliss-reactive ketones (excluding diaryl/α,β-unsaturated/α-hetero) is 1. The number of esters is 1. The number of methoxy groups -OCH3 is 1. The van der Waals surface area contributed by atoms with E-state index in [0.717, 1.165) is 12.8 Å². The number of hydrogen-bond acceptors (Lipinski definition) is 4. The van der Waals surface area contributed by atoms with Gasteiger partial charge in [0.2, 0.25) is 0 Å². The molecule has 1 rings (SSSR count). The number of carbonyl (C=O) groups is 2. The first kappa shape index (κ1) is 13.9. The zero-order chi connectivity index (χ0) is 12.8. The van der Waals surface area contributed by atoms with Crippen molar-refractivity contribution in [3.63, 3.8) is 0 Å². The maximum absolute atomic E-state index is 12.0. The van der Waals surface area contributed by atoms with Gasteiger partial charge in [-0.15, -0.1) is 0 Å². The maximum atomic E-state index is 12.0. The molecule has 1 aliphatic carbocycles. The Hall–Kier alpha value is -1.16. The summed E-state index contributed by atoms with van der Waals surface area (Å²) in [6.07, 6.45) is 5.36. The Labute approximate surface area is 102 Å². The molecule has 0 aromatic heterocycles. The molecule has 4 nitrogen and oxygen atoms in total. The van der Waals surface area contributed by atoms with Crippen molar-refractivity contribution in [3.05, 3.63) is 12.2 Å². The van der Waals surface area contributed by atoms with Crippen LogP contribution in [0.5, 0.6) is 0 Å². The van der Waals surface area contributed by atoms with Gasteiger partial charge in [-0.05, 0) is 18.8 Å². The van der Waals surface area contributed by atoms with Crippen molar-refractivity contribution in [1.29, 1.82) is 0 Å². The van der Waals surface area contributed by atoms with Crippen molar-refractivity contribution < 1.29 is 19.4 Å². The van der Waals surface area contributed by atoms with Crippen molar-refractivity contribution in [2.45, 2.75) is 38.7 Å². The number of ketones is 1. The Kier molecular flexibility index (Phi) is 5.35. The number of ether oxygens (including phenoxy) is 1. The SMILES string of the molecule is CCCCC(=O)C(C(=O)OC)[C@H]1C=C[C@@H](O)C1. The first-order valence-electron chi connectivity index (χ1n) is 6.07. The van der Waals surface area contributed by atoms with Crippen LogP contribution < -0.4 is 0 Å². The Balaban J connectivity index is 2.70. The van der Waals surface area contributed by atoms with Gasteiger partial charge in [0.05, 0.1) is 13.2 Å². The smallest absolute Gasteiger partial charge is 0.316 e. The van der Waals surface area contributed by atoms with Gasteiger partial charge in [0.1, 0.15) is 11.7 Å². The fourth-order valence-corrected chi connectivity index (χ4v) is 2.13. The lowest BCUT2D eigenvalue weighted by Gasteiger charge is -2.19. The highest BCUT2D eigenvalue weighted by Gasteiger charge is 2.36. The highest BCUT2D eigenvalue weighted by molar-refractivity contribution is 5.99. The van der Waals surface area contributed by atoms with Gasteiger partial charge in [0.15, 0.2) is 0 Å². The lowest BCUT2D eigenvalue weighted by Crippen LogP contribution is -2.31. The molecule has 0 saturated carbocycles. The molecule has 0 bridgehead atoms. The third-order valence-corrected chi connectivity index (χ3v) is 3.10. The number of rotatable bonds is 6. The minimum atomic E-state index is -0.750. The topological polar surface area (TPSA) is 63.6 Å². The first-order valence-corrected chi connectivity index (χ1v) is 6.07. The summed E-state index contributed by atoms with van der Waals surface area (Å²) >= 11 is 0. The van der Waals surface area contributed by atoms with Crippen molar-refractivity contribution in [2.24, 2.45) is 11.8 Å². The van der Waals surface area contributed by atoms with Crippen LogP contribution in [0.2, 0.25) is 0 Å². The summed E-state index contributed by atoms with van der Waals surface area (Å²) in [5.41, 5.74) is 0. The van der Waals surface area contributed by atoms with E-state index < -0.39 is 18.0 Å². The van der Waals surface area contributed by atoms with Crippen molar-refractivity contribution in [1.82, 2.24) is 0 Å². The van der Waals surface area contributed by atoms with E-state index >= 15 is 0 Å². The quantitative estimate of drug-likeness (QED) is 0.434. The lowest BCUT2D eigenvalue weighted by atomic mass is 9.86. The van der Waals surface area contributed by atoms with E-state index in [1.165, 1.54) is 7.11 Å². The summed E-state index contributed by atoms with van der Waals surface area (Å²) in [5.74, 6) is -1.54. The van der Waals surface area contributed by atoms with Gasteiger partial charge < -0.3 is 9.84 Å². The fraction of sp³-hybridized carbons (Fsp3) is 0.692. The van der Waals surface area contributed by atoms with Crippen LogP contribution in [-0.4, -0.2) is 30.1 Å². The van der Waals surface area contributed by atoms with Crippen LogP contribution >= 0.6 is 0 Å². The molecule has 0 amide bonds. The van der Waals surface area contributed by atoms with Gasteiger partial charge in [-0.25, -0.2) is 0 Å². The molecule has 0 heterocycles. The summed E-state index contributed by atoms with van der Waals surface area (Å²) in [6, 6.07) is 0. The number of aliphatic hydroxyl groups is 1. The molecule has 1 aliphatic rings. The molecule has 0 radical (unpaired) electrons. The fourth-order valence-electron chi connectivity index (χ4n) is 2.13. The summed E-state index contributed by atoms with van der Waals surface area (Å²) in [6.45, 7) is 2.00. The first-order chi connectivity index (χ1) is 8.10. The van der Waals surface area contributed by atoms with E-state index in [-0.39, 0.29) is 11.7 Å². The van der Waals surface area contributed by atoms with E-state index in [2.05, 4.69) is 4.74 Å². The van der Waals surface area contributed by atoms with Crippen LogP contribution in [0.1, 0.15) is 32.6 Å². The average Bonchev–Trinajstić information content (AvgIpc) is 2.73. The molecule has 0 saturated heterocycles. The van der Waals surface area contributed by atoms with Gasteiger partial charge >= 0.3 is 5.97 Å². The van der Waals surface area contributed by atoms with E-state index in [1.807, 2.05) is 6.92 Å². The highest BCUT2D eigenvalue weighted by Crippen LogP contribution is 2.28. The second-order valence-corrected chi connectivity index (χ2v) is 4.42. The Bertz CT molecular complexity index is 309. The molecule has 17 heavy (non-hydrogen) atoms. The number of unbranched alkanes of at least 4 members (excludes halogenated alkanes) is 1. The largest absolute Gasteiger partial charge is 0.468 e. The number of allylic oxidation sites excluding steroid dienone is 1. The minimum absolute atomic E-state index is 0.0811. The third kappa shape index (κ3) is 3.66. The summed E-state index contributed by atoms with van der Waals surface area (Å²) in [5, 5.41) is 9.41. The normalized spacial score (nSPS) is 24.6. The Morgan fingerprint density at radius 2 is 2.18 bits per heavy atom. The van der Waals surface area contributed by atoms with Gasteiger partial charge in [-0.2, -0.15) is 0 Å². The molecular formula is C13H20O4. The zero-order valence-corrected chi connectivity index (χ0v) is 10.4. The van der Waals surface area contributed by atoms with E-state index in [0.29, 0.717) is 12.8 Å². The molecule has 0 aromatic rings. The second-order valence-electron chi connectivity index (χ2n) is 4.42. The Morgan fingerprint density at radius 3 is 2.65 bits per heavy atom. The summed E-state index contributed by atoms with van der Waals surface area (Å²) < 4.78 is 4.69. The summed E-state index contributed by atoms with van der Waals surface area (Å²) in [4.78, 5) is 23.6.